The summed E-state index contributed by atoms with van der Waals surface area (Å²) in [5.41, 5.74) is 2.72. The molecule has 0 bridgehead atoms. The second-order valence-electron chi connectivity index (χ2n) is 6.50. The maximum Gasteiger partial charge on any atom is 0.233 e. The molecule has 3 rings (SSSR count). The topological polar surface area (TPSA) is 73.3 Å². The average molecular weight is 391 g/mol. The molecule has 0 radical (unpaired) electrons. The van der Waals surface area contributed by atoms with Gasteiger partial charge in [-0.05, 0) is 42.3 Å². The third-order valence-corrected chi connectivity index (χ3v) is 4.60. The van der Waals surface area contributed by atoms with E-state index in [0.717, 1.165) is 29.0 Å². The molecule has 6 nitrogen and oxygen atoms in total. The summed E-state index contributed by atoms with van der Waals surface area (Å²) in [5.74, 6) is 1.07. The second-order valence-corrected chi connectivity index (χ2v) is 6.50. The Morgan fingerprint density at radius 3 is 2.38 bits per heavy atom. The number of hydrogen-bond acceptors (Lipinski definition) is 5. The first-order valence-electron chi connectivity index (χ1n) is 9.65. The fourth-order valence-corrected chi connectivity index (χ4v) is 3.02. The minimum Gasteiger partial charge on any atom is -0.497 e. The van der Waals surface area contributed by atoms with E-state index < -0.39 is 0 Å². The number of amides is 1. The first-order chi connectivity index (χ1) is 14.2. The molecule has 1 atom stereocenters. The third-order valence-electron chi connectivity index (χ3n) is 4.60. The van der Waals surface area contributed by atoms with Gasteiger partial charge in [0, 0.05) is 11.6 Å². The molecule has 2 aromatic carbocycles. The molecular weight excluding hydrogens is 366 g/mol. The van der Waals surface area contributed by atoms with Gasteiger partial charge >= 0.3 is 0 Å². The molecule has 0 aliphatic heterocycles. The van der Waals surface area contributed by atoms with Crippen molar-refractivity contribution in [3.63, 3.8) is 0 Å². The molecule has 150 valence electrons. The van der Waals surface area contributed by atoms with E-state index in [9.17, 15) is 4.79 Å². The van der Waals surface area contributed by atoms with Gasteiger partial charge in [-0.15, -0.1) is 10.2 Å². The van der Waals surface area contributed by atoms with E-state index in [2.05, 4.69) is 15.5 Å². The fourth-order valence-electron chi connectivity index (χ4n) is 3.02. The summed E-state index contributed by atoms with van der Waals surface area (Å²) in [5, 5.41) is 11.2. The van der Waals surface area contributed by atoms with Crippen molar-refractivity contribution in [1.82, 2.24) is 15.5 Å². The van der Waals surface area contributed by atoms with Crippen molar-refractivity contribution in [2.75, 3.05) is 20.3 Å². The summed E-state index contributed by atoms with van der Waals surface area (Å²) in [6, 6.07) is 21.0. The Morgan fingerprint density at radius 1 is 1.00 bits per heavy atom. The van der Waals surface area contributed by atoms with Crippen molar-refractivity contribution < 1.29 is 14.3 Å². The van der Waals surface area contributed by atoms with Gasteiger partial charge in [-0.25, -0.2) is 0 Å². The Bertz CT molecular complexity index is 897. The number of carbonyl (C=O) groups excluding carboxylic acids is 1. The number of nitrogens with one attached hydrogen (secondary N) is 1. The normalized spacial score (nSPS) is 11.5. The van der Waals surface area contributed by atoms with E-state index in [4.69, 9.17) is 9.47 Å². The lowest BCUT2D eigenvalue weighted by molar-refractivity contribution is -0.122. The van der Waals surface area contributed by atoms with Crippen molar-refractivity contribution in [3.05, 3.63) is 72.3 Å². The zero-order valence-corrected chi connectivity index (χ0v) is 16.7. The van der Waals surface area contributed by atoms with Crippen LogP contribution >= 0.6 is 0 Å². The molecule has 1 heterocycles. The van der Waals surface area contributed by atoms with E-state index in [1.807, 2.05) is 67.6 Å². The Hall–Kier alpha value is -3.41. The van der Waals surface area contributed by atoms with Crippen LogP contribution < -0.4 is 14.8 Å². The van der Waals surface area contributed by atoms with Gasteiger partial charge < -0.3 is 14.8 Å². The van der Waals surface area contributed by atoms with Crippen molar-refractivity contribution in [2.45, 2.75) is 19.3 Å². The van der Waals surface area contributed by atoms with Crippen LogP contribution in [-0.2, 0) is 4.79 Å². The Balaban J connectivity index is 1.47. The summed E-state index contributed by atoms with van der Waals surface area (Å²) in [6.45, 7) is 2.74. The fraction of sp³-hybridized carbons (Fsp3) is 0.261. The van der Waals surface area contributed by atoms with Gasteiger partial charge in [-0.2, -0.15) is 0 Å². The van der Waals surface area contributed by atoms with E-state index in [1.54, 1.807) is 13.2 Å². The highest BCUT2D eigenvalue weighted by Gasteiger charge is 2.17. The molecule has 1 N–H and O–H groups in total. The second kappa shape index (κ2) is 10.2. The molecule has 6 heteroatoms. The van der Waals surface area contributed by atoms with E-state index in [1.165, 1.54) is 0 Å². The number of benzene rings is 2. The van der Waals surface area contributed by atoms with Crippen LogP contribution in [0.5, 0.6) is 11.6 Å². The molecule has 0 aliphatic rings. The van der Waals surface area contributed by atoms with E-state index in [-0.39, 0.29) is 11.8 Å². The van der Waals surface area contributed by atoms with Crippen LogP contribution in [0.1, 0.15) is 24.8 Å². The van der Waals surface area contributed by atoms with Crippen molar-refractivity contribution in [3.8, 4) is 22.9 Å². The van der Waals surface area contributed by atoms with Crippen LogP contribution in [0.25, 0.3) is 11.3 Å². The minimum absolute atomic E-state index is 0.00300. The van der Waals surface area contributed by atoms with Gasteiger partial charge in [-0.1, -0.05) is 37.3 Å². The predicted octanol–water partition coefficient (Wildman–Crippen LogP) is 3.84. The van der Waals surface area contributed by atoms with Crippen LogP contribution in [0.2, 0.25) is 0 Å². The van der Waals surface area contributed by atoms with Gasteiger partial charge in [0.1, 0.15) is 12.4 Å². The molecule has 3 aromatic rings. The van der Waals surface area contributed by atoms with Crippen LogP contribution in [-0.4, -0.2) is 36.4 Å². The molecule has 29 heavy (non-hydrogen) atoms. The summed E-state index contributed by atoms with van der Waals surface area (Å²) in [6.07, 6.45) is 0.745. The van der Waals surface area contributed by atoms with Crippen LogP contribution in [0.3, 0.4) is 0 Å². The van der Waals surface area contributed by atoms with E-state index in [0.29, 0.717) is 19.0 Å². The van der Waals surface area contributed by atoms with Crippen LogP contribution in [0.4, 0.5) is 0 Å². The zero-order chi connectivity index (χ0) is 20.5. The highest BCUT2D eigenvalue weighted by Crippen LogP contribution is 2.21. The molecule has 0 saturated heterocycles. The van der Waals surface area contributed by atoms with Gasteiger partial charge in [0.15, 0.2) is 0 Å². The lowest BCUT2D eigenvalue weighted by Crippen LogP contribution is -2.32. The lowest BCUT2D eigenvalue weighted by Gasteiger charge is -2.15. The standard InChI is InChI=1S/C23H25N3O3/c1-3-20(17-7-5-4-6-8-17)23(27)24-15-16-29-22-14-13-21(25-26-22)18-9-11-19(28-2)12-10-18/h4-14,20H,3,15-16H2,1-2H3,(H,24,27). The first-order valence-corrected chi connectivity index (χ1v) is 9.65. The molecule has 1 unspecified atom stereocenters. The molecule has 0 saturated carbocycles. The summed E-state index contributed by atoms with van der Waals surface area (Å²) in [4.78, 5) is 12.4. The molecule has 0 fully saturated rings. The number of methoxy groups -OCH3 is 1. The predicted molar refractivity (Wildman–Crippen MR) is 112 cm³/mol. The Morgan fingerprint density at radius 2 is 1.76 bits per heavy atom. The molecule has 0 spiro atoms. The van der Waals surface area contributed by atoms with E-state index >= 15 is 0 Å². The summed E-state index contributed by atoms with van der Waals surface area (Å²) < 4.78 is 10.8. The van der Waals surface area contributed by atoms with Crippen molar-refractivity contribution in [1.29, 1.82) is 0 Å². The highest BCUT2D eigenvalue weighted by atomic mass is 16.5. The number of ether oxygens (including phenoxy) is 2. The molecule has 0 aliphatic carbocycles. The van der Waals surface area contributed by atoms with Crippen molar-refractivity contribution >= 4 is 5.91 Å². The quantitative estimate of drug-likeness (QED) is 0.561. The van der Waals surface area contributed by atoms with Gasteiger partial charge in [-0.3, -0.25) is 4.79 Å². The molecule has 1 amide bonds. The largest absolute Gasteiger partial charge is 0.497 e. The van der Waals surface area contributed by atoms with Crippen LogP contribution in [0.15, 0.2) is 66.7 Å². The third kappa shape index (κ3) is 5.54. The number of carbonyl (C=O) groups is 1. The Labute approximate surface area is 170 Å². The maximum atomic E-state index is 12.4. The van der Waals surface area contributed by atoms with Gasteiger partial charge in [0.25, 0.3) is 0 Å². The summed E-state index contributed by atoms with van der Waals surface area (Å²) >= 11 is 0. The lowest BCUT2D eigenvalue weighted by atomic mass is 9.96. The van der Waals surface area contributed by atoms with Crippen molar-refractivity contribution in [2.24, 2.45) is 0 Å². The van der Waals surface area contributed by atoms with Gasteiger partial charge in [0.05, 0.1) is 25.3 Å². The highest BCUT2D eigenvalue weighted by molar-refractivity contribution is 5.83. The number of aromatic nitrogens is 2. The molecule has 1 aromatic heterocycles. The summed E-state index contributed by atoms with van der Waals surface area (Å²) in [7, 11) is 1.63. The Kier molecular flexibility index (Phi) is 7.16. The average Bonchev–Trinajstić information content (AvgIpc) is 2.78. The number of rotatable bonds is 9. The smallest absolute Gasteiger partial charge is 0.233 e. The first kappa shape index (κ1) is 20.3. The van der Waals surface area contributed by atoms with Crippen LogP contribution in [0, 0.1) is 0 Å². The maximum absolute atomic E-state index is 12.4. The number of nitrogens with zero attached hydrogens (tertiary/aromatic N) is 2. The zero-order valence-electron chi connectivity index (χ0n) is 16.7. The SMILES string of the molecule is CCC(C(=O)NCCOc1ccc(-c2ccc(OC)cc2)nn1)c1ccccc1. The number of hydrogen-bond donors (Lipinski definition) is 1. The molecular formula is C23H25N3O3. The minimum atomic E-state index is -0.153. The van der Waals surface area contributed by atoms with Gasteiger partial charge in [0.2, 0.25) is 11.8 Å². The monoisotopic (exact) mass is 391 g/mol.